The molecular formula is C6H6N2O3. The Bertz CT molecular complexity index is 278. The number of hydrogen-bond donors (Lipinski definition) is 1. The largest absolute Gasteiger partial charge is 0.396 e. The lowest BCUT2D eigenvalue weighted by molar-refractivity contribution is -0.426. The summed E-state index contributed by atoms with van der Waals surface area (Å²) in [6.45, 7) is 0. The minimum absolute atomic E-state index is 0.0793. The highest BCUT2D eigenvalue weighted by atomic mass is 16.6. The number of nitro groups is 1. The molecule has 2 N–H and O–H groups in total. The summed E-state index contributed by atoms with van der Waals surface area (Å²) in [4.78, 5) is 20.3. The lowest BCUT2D eigenvalue weighted by Gasteiger charge is -2.02. The summed E-state index contributed by atoms with van der Waals surface area (Å²) in [6.07, 6.45) is 2.30. The van der Waals surface area contributed by atoms with Gasteiger partial charge in [-0.05, 0) is 6.08 Å². The monoisotopic (exact) mass is 154 g/mol. The van der Waals surface area contributed by atoms with Crippen LogP contribution in [0.5, 0.6) is 0 Å². The second-order valence-electron chi connectivity index (χ2n) is 2.14. The molecule has 0 saturated carbocycles. The van der Waals surface area contributed by atoms with E-state index in [0.717, 1.165) is 0 Å². The fraction of sp³-hybridized carbons (Fsp3) is 0.167. The van der Waals surface area contributed by atoms with E-state index in [1.807, 2.05) is 0 Å². The van der Waals surface area contributed by atoms with Gasteiger partial charge in [-0.25, -0.2) is 0 Å². The number of nitrogens with zero attached hydrogens (tertiary/aromatic N) is 1. The van der Waals surface area contributed by atoms with Crippen LogP contribution in [-0.2, 0) is 4.79 Å². The van der Waals surface area contributed by atoms with Crippen molar-refractivity contribution < 1.29 is 9.72 Å². The molecule has 0 heterocycles. The van der Waals surface area contributed by atoms with Gasteiger partial charge in [0.25, 0.3) is 5.70 Å². The highest BCUT2D eigenvalue weighted by molar-refractivity contribution is 5.97. The molecule has 5 heteroatoms. The smallest absolute Gasteiger partial charge is 0.254 e. The first-order valence-electron chi connectivity index (χ1n) is 2.95. The average molecular weight is 154 g/mol. The summed E-state index contributed by atoms with van der Waals surface area (Å²) in [6, 6.07) is 0. The Hall–Kier alpha value is -1.65. The van der Waals surface area contributed by atoms with Gasteiger partial charge in [0.15, 0.2) is 5.78 Å². The fourth-order valence-electron chi connectivity index (χ4n) is 0.730. The molecule has 0 aliphatic heterocycles. The molecule has 1 aliphatic carbocycles. The van der Waals surface area contributed by atoms with Gasteiger partial charge in [-0.15, -0.1) is 0 Å². The van der Waals surface area contributed by atoms with E-state index in [2.05, 4.69) is 0 Å². The molecule has 0 radical (unpaired) electrons. The Balaban J connectivity index is 2.90. The normalized spacial score (nSPS) is 17.3. The van der Waals surface area contributed by atoms with Crippen LogP contribution in [0.3, 0.4) is 0 Å². The first kappa shape index (κ1) is 7.46. The maximum Gasteiger partial charge on any atom is 0.254 e. The molecular weight excluding hydrogens is 148 g/mol. The van der Waals surface area contributed by atoms with Crippen LogP contribution in [0.1, 0.15) is 6.42 Å². The first-order valence-corrected chi connectivity index (χ1v) is 2.95. The average Bonchev–Trinajstić information content (AvgIpc) is 1.94. The van der Waals surface area contributed by atoms with Crippen LogP contribution >= 0.6 is 0 Å². The zero-order valence-corrected chi connectivity index (χ0v) is 5.61. The van der Waals surface area contributed by atoms with Gasteiger partial charge in [-0.3, -0.25) is 14.9 Å². The molecule has 0 aromatic rings. The van der Waals surface area contributed by atoms with Crippen molar-refractivity contribution in [1.29, 1.82) is 0 Å². The van der Waals surface area contributed by atoms with Gasteiger partial charge in [0, 0.05) is 6.08 Å². The summed E-state index contributed by atoms with van der Waals surface area (Å²) in [5.74, 6) is -0.390. The molecule has 1 rings (SSSR count). The Morgan fingerprint density at radius 3 is 2.64 bits per heavy atom. The van der Waals surface area contributed by atoms with Gasteiger partial charge in [-0.2, -0.15) is 0 Å². The van der Waals surface area contributed by atoms with E-state index in [1.54, 1.807) is 0 Å². The van der Waals surface area contributed by atoms with Crippen molar-refractivity contribution in [3.63, 3.8) is 0 Å². The van der Waals surface area contributed by atoms with Gasteiger partial charge in [0.2, 0.25) is 0 Å². The van der Waals surface area contributed by atoms with E-state index in [0.29, 0.717) is 0 Å². The molecule has 1 aliphatic rings. The zero-order valence-electron chi connectivity index (χ0n) is 5.61. The Labute approximate surface area is 62.3 Å². The van der Waals surface area contributed by atoms with Gasteiger partial charge in [-0.1, -0.05) is 0 Å². The van der Waals surface area contributed by atoms with Crippen molar-refractivity contribution in [1.82, 2.24) is 0 Å². The SMILES string of the molecule is NC1=CC=C([N+](=O)[O-])CC1=O. The van der Waals surface area contributed by atoms with Crippen LogP contribution < -0.4 is 5.73 Å². The van der Waals surface area contributed by atoms with E-state index in [4.69, 9.17) is 5.73 Å². The number of allylic oxidation sites excluding steroid dienone is 4. The predicted octanol–water partition coefficient (Wildman–Crippen LogP) is -0.0376. The Kier molecular flexibility index (Phi) is 1.72. The Morgan fingerprint density at radius 2 is 2.18 bits per heavy atom. The number of rotatable bonds is 1. The maximum atomic E-state index is 10.8. The molecule has 0 aromatic carbocycles. The van der Waals surface area contributed by atoms with Crippen LogP contribution in [0.4, 0.5) is 0 Å². The molecule has 11 heavy (non-hydrogen) atoms. The minimum Gasteiger partial charge on any atom is -0.396 e. The quantitative estimate of drug-likeness (QED) is 0.424. The van der Waals surface area contributed by atoms with Crippen LogP contribution in [0.2, 0.25) is 0 Å². The second-order valence-corrected chi connectivity index (χ2v) is 2.14. The topological polar surface area (TPSA) is 86.2 Å². The van der Waals surface area contributed by atoms with Crippen molar-refractivity contribution >= 4 is 5.78 Å². The molecule has 0 unspecified atom stereocenters. The third-order valence-corrected chi connectivity index (χ3v) is 1.35. The number of nitrogens with two attached hydrogens (primary N) is 1. The molecule has 0 aromatic heterocycles. The first-order chi connectivity index (χ1) is 5.11. The molecule has 0 spiro atoms. The van der Waals surface area contributed by atoms with Crippen LogP contribution in [0.25, 0.3) is 0 Å². The van der Waals surface area contributed by atoms with Gasteiger partial charge in [0.1, 0.15) is 6.42 Å². The van der Waals surface area contributed by atoms with E-state index in [9.17, 15) is 14.9 Å². The number of Topliss-reactive ketones (excluding diaryl/α,β-unsaturated/α-hetero) is 1. The van der Waals surface area contributed by atoms with Crippen LogP contribution in [0, 0.1) is 10.1 Å². The summed E-state index contributed by atoms with van der Waals surface area (Å²) in [5, 5.41) is 10.1. The summed E-state index contributed by atoms with van der Waals surface area (Å²) >= 11 is 0. The number of ketones is 1. The van der Waals surface area contributed by atoms with Gasteiger partial charge < -0.3 is 5.73 Å². The zero-order chi connectivity index (χ0) is 8.43. The molecule has 58 valence electrons. The second kappa shape index (κ2) is 2.53. The van der Waals surface area contributed by atoms with E-state index < -0.39 is 4.92 Å². The lowest BCUT2D eigenvalue weighted by atomic mass is 10.1. The predicted molar refractivity (Wildman–Crippen MR) is 37.0 cm³/mol. The summed E-state index contributed by atoms with van der Waals surface area (Å²) < 4.78 is 0. The number of carbonyl (C=O) groups is 1. The van der Waals surface area contributed by atoms with Crippen molar-refractivity contribution in [3.05, 3.63) is 33.7 Å². The summed E-state index contributed by atoms with van der Waals surface area (Å²) in [5.41, 5.74) is 5.16. The number of carbonyl (C=O) groups excluding carboxylic acids is 1. The van der Waals surface area contributed by atoms with Gasteiger partial charge in [0.05, 0.1) is 10.6 Å². The number of hydrogen-bond acceptors (Lipinski definition) is 4. The third kappa shape index (κ3) is 1.43. The minimum atomic E-state index is -0.582. The van der Waals surface area contributed by atoms with Crippen molar-refractivity contribution in [2.24, 2.45) is 5.73 Å². The molecule has 0 atom stereocenters. The maximum absolute atomic E-state index is 10.8. The molecule has 0 fully saturated rings. The molecule has 5 nitrogen and oxygen atoms in total. The van der Waals surface area contributed by atoms with E-state index in [1.165, 1.54) is 12.2 Å². The van der Waals surface area contributed by atoms with Crippen molar-refractivity contribution in [2.45, 2.75) is 6.42 Å². The third-order valence-electron chi connectivity index (χ3n) is 1.35. The lowest BCUT2D eigenvalue weighted by Crippen LogP contribution is -2.17. The van der Waals surface area contributed by atoms with Crippen molar-refractivity contribution in [2.75, 3.05) is 0 Å². The van der Waals surface area contributed by atoms with E-state index >= 15 is 0 Å². The summed E-state index contributed by atoms with van der Waals surface area (Å²) in [7, 11) is 0. The van der Waals surface area contributed by atoms with Crippen LogP contribution in [-0.4, -0.2) is 10.7 Å². The highest BCUT2D eigenvalue weighted by Crippen LogP contribution is 2.11. The fourth-order valence-corrected chi connectivity index (χ4v) is 0.730. The molecule has 0 amide bonds. The molecule has 0 bridgehead atoms. The van der Waals surface area contributed by atoms with Crippen molar-refractivity contribution in [3.8, 4) is 0 Å². The van der Waals surface area contributed by atoms with Crippen LogP contribution in [0.15, 0.2) is 23.5 Å². The van der Waals surface area contributed by atoms with E-state index in [-0.39, 0.29) is 23.6 Å². The highest BCUT2D eigenvalue weighted by Gasteiger charge is 2.20. The standard InChI is InChI=1S/C6H6N2O3/c7-5-2-1-4(8(10)11)3-6(5)9/h1-2H,3,7H2. The molecule has 0 saturated heterocycles. The van der Waals surface area contributed by atoms with Gasteiger partial charge >= 0.3 is 0 Å². The Morgan fingerprint density at radius 1 is 1.55 bits per heavy atom.